The van der Waals surface area contributed by atoms with E-state index in [4.69, 9.17) is 9.84 Å². The van der Waals surface area contributed by atoms with Crippen molar-refractivity contribution in [3.63, 3.8) is 0 Å². The van der Waals surface area contributed by atoms with Crippen LogP contribution in [0.5, 0.6) is 5.75 Å². The van der Waals surface area contributed by atoms with Crippen LogP contribution in [0.4, 0.5) is 0 Å². The molecular weight excluding hydrogens is 254 g/mol. The van der Waals surface area contributed by atoms with Gasteiger partial charge in [0.05, 0.1) is 6.61 Å². The molecule has 0 spiro atoms. The highest BCUT2D eigenvalue weighted by atomic mass is 16.5. The van der Waals surface area contributed by atoms with E-state index in [-0.39, 0.29) is 12.5 Å². The second-order valence-corrected chi connectivity index (χ2v) is 5.06. The Labute approximate surface area is 121 Å². The number of rotatable bonds is 9. The van der Waals surface area contributed by atoms with Gasteiger partial charge in [0.15, 0.2) is 0 Å². The monoisotopic (exact) mass is 279 g/mol. The Hall–Kier alpha value is -1.55. The Kier molecular flexibility index (Phi) is 7.73. The number of amides is 1. The van der Waals surface area contributed by atoms with Gasteiger partial charge in [0, 0.05) is 18.7 Å². The van der Waals surface area contributed by atoms with Crippen LogP contribution >= 0.6 is 0 Å². The highest BCUT2D eigenvalue weighted by Gasteiger charge is 2.05. The molecule has 0 aliphatic rings. The molecule has 1 unspecified atom stereocenters. The van der Waals surface area contributed by atoms with Crippen LogP contribution in [-0.2, 0) is 0 Å². The molecule has 1 aromatic carbocycles. The second-order valence-electron chi connectivity index (χ2n) is 5.06. The fourth-order valence-electron chi connectivity index (χ4n) is 1.77. The van der Waals surface area contributed by atoms with E-state index in [9.17, 15) is 4.79 Å². The summed E-state index contributed by atoms with van der Waals surface area (Å²) in [6.07, 6.45) is 2.76. The van der Waals surface area contributed by atoms with E-state index in [1.165, 1.54) is 0 Å². The average molecular weight is 279 g/mol. The maximum Gasteiger partial charge on any atom is 0.251 e. The van der Waals surface area contributed by atoms with Crippen LogP contribution < -0.4 is 10.1 Å². The Bertz CT molecular complexity index is 389. The molecule has 1 rings (SSSR count). The average Bonchev–Trinajstić information content (AvgIpc) is 2.49. The minimum atomic E-state index is -0.0660. The van der Waals surface area contributed by atoms with Crippen molar-refractivity contribution in [2.45, 2.75) is 33.1 Å². The molecule has 112 valence electrons. The molecule has 4 nitrogen and oxygen atoms in total. The minimum absolute atomic E-state index is 0.0660. The van der Waals surface area contributed by atoms with E-state index >= 15 is 0 Å². The molecule has 0 saturated heterocycles. The van der Waals surface area contributed by atoms with Crippen LogP contribution in [0.3, 0.4) is 0 Å². The molecule has 0 aliphatic heterocycles. The first-order valence-corrected chi connectivity index (χ1v) is 7.29. The van der Waals surface area contributed by atoms with Crippen LogP contribution in [0.2, 0.25) is 0 Å². The van der Waals surface area contributed by atoms with E-state index in [2.05, 4.69) is 12.2 Å². The maximum atomic E-state index is 11.9. The number of carbonyl (C=O) groups excluding carboxylic acids is 1. The van der Waals surface area contributed by atoms with E-state index in [1.54, 1.807) is 12.1 Å². The highest BCUT2D eigenvalue weighted by Crippen LogP contribution is 2.12. The summed E-state index contributed by atoms with van der Waals surface area (Å²) in [6.45, 7) is 5.58. The molecule has 0 bridgehead atoms. The van der Waals surface area contributed by atoms with Crippen LogP contribution in [0.25, 0.3) is 0 Å². The van der Waals surface area contributed by atoms with Crippen molar-refractivity contribution in [1.82, 2.24) is 5.32 Å². The van der Waals surface area contributed by atoms with Gasteiger partial charge in [0.2, 0.25) is 0 Å². The van der Waals surface area contributed by atoms with Gasteiger partial charge in [-0.15, -0.1) is 0 Å². The zero-order valence-electron chi connectivity index (χ0n) is 12.4. The minimum Gasteiger partial charge on any atom is -0.494 e. The Morgan fingerprint density at radius 3 is 2.65 bits per heavy atom. The molecule has 0 aromatic heterocycles. The lowest BCUT2D eigenvalue weighted by molar-refractivity contribution is 0.0952. The number of ether oxygens (including phenoxy) is 1. The summed E-state index contributed by atoms with van der Waals surface area (Å²) >= 11 is 0. The van der Waals surface area contributed by atoms with Crippen LogP contribution in [-0.4, -0.2) is 30.8 Å². The molecule has 0 aliphatic carbocycles. The molecule has 0 radical (unpaired) electrons. The van der Waals surface area contributed by atoms with Crippen molar-refractivity contribution >= 4 is 5.91 Å². The second kappa shape index (κ2) is 9.37. The molecular formula is C16H25NO3. The van der Waals surface area contributed by atoms with E-state index in [0.717, 1.165) is 25.0 Å². The summed E-state index contributed by atoms with van der Waals surface area (Å²) in [4.78, 5) is 11.9. The molecule has 0 saturated carbocycles. The summed E-state index contributed by atoms with van der Waals surface area (Å²) in [5, 5.41) is 11.8. The van der Waals surface area contributed by atoms with Gasteiger partial charge in [-0.2, -0.15) is 0 Å². The summed E-state index contributed by atoms with van der Waals surface area (Å²) < 4.78 is 5.47. The molecule has 0 fully saturated rings. The van der Waals surface area contributed by atoms with E-state index in [0.29, 0.717) is 24.6 Å². The van der Waals surface area contributed by atoms with Gasteiger partial charge in [-0.1, -0.05) is 13.8 Å². The quantitative estimate of drug-likeness (QED) is 0.683. The van der Waals surface area contributed by atoms with Crippen LogP contribution in [0.15, 0.2) is 24.3 Å². The number of carbonyl (C=O) groups is 1. The third kappa shape index (κ3) is 6.06. The highest BCUT2D eigenvalue weighted by molar-refractivity contribution is 5.94. The number of nitrogens with one attached hydrogen (secondary N) is 1. The summed E-state index contributed by atoms with van der Waals surface area (Å²) in [6, 6.07) is 7.18. The third-order valence-electron chi connectivity index (χ3n) is 3.06. The number of hydrogen-bond donors (Lipinski definition) is 2. The Morgan fingerprint density at radius 1 is 1.35 bits per heavy atom. The fourth-order valence-corrected chi connectivity index (χ4v) is 1.77. The maximum absolute atomic E-state index is 11.9. The first-order valence-electron chi connectivity index (χ1n) is 7.29. The fraction of sp³-hybridized carbons (Fsp3) is 0.562. The molecule has 1 amide bonds. The summed E-state index contributed by atoms with van der Waals surface area (Å²) in [5.74, 6) is 1.02. The number of hydrogen-bond acceptors (Lipinski definition) is 3. The van der Waals surface area contributed by atoms with E-state index < -0.39 is 0 Å². The number of aliphatic hydroxyl groups is 1. The Morgan fingerprint density at radius 2 is 2.05 bits per heavy atom. The van der Waals surface area contributed by atoms with Crippen molar-refractivity contribution in [3.05, 3.63) is 29.8 Å². The zero-order chi connectivity index (χ0) is 14.8. The van der Waals surface area contributed by atoms with Crippen molar-refractivity contribution in [1.29, 1.82) is 0 Å². The first kappa shape index (κ1) is 16.5. The Balaban J connectivity index is 2.32. The molecule has 20 heavy (non-hydrogen) atoms. The third-order valence-corrected chi connectivity index (χ3v) is 3.06. The van der Waals surface area contributed by atoms with Gasteiger partial charge in [-0.3, -0.25) is 4.79 Å². The van der Waals surface area contributed by atoms with Gasteiger partial charge in [-0.25, -0.2) is 0 Å². The topological polar surface area (TPSA) is 58.6 Å². The lowest BCUT2D eigenvalue weighted by atomic mass is 10.1. The predicted octanol–water partition coefficient (Wildman–Crippen LogP) is 2.61. The normalized spacial score (nSPS) is 11.9. The van der Waals surface area contributed by atoms with Crippen molar-refractivity contribution in [2.24, 2.45) is 5.92 Å². The summed E-state index contributed by atoms with van der Waals surface area (Å²) in [5.41, 5.74) is 0.643. The van der Waals surface area contributed by atoms with Gasteiger partial charge in [-0.05, 0) is 49.4 Å². The molecule has 2 N–H and O–H groups in total. The lowest BCUT2D eigenvalue weighted by Gasteiger charge is -2.09. The van der Waals surface area contributed by atoms with Crippen LogP contribution in [0.1, 0.15) is 43.5 Å². The molecule has 1 aromatic rings. The first-order chi connectivity index (χ1) is 9.67. The summed E-state index contributed by atoms with van der Waals surface area (Å²) in [7, 11) is 0. The largest absolute Gasteiger partial charge is 0.494 e. The SMILES string of the molecule is CCCOc1ccc(C(=O)NCCCC(C)CO)cc1. The number of benzene rings is 1. The zero-order valence-corrected chi connectivity index (χ0v) is 12.4. The number of aliphatic hydroxyl groups excluding tert-OH is 1. The molecule has 1 atom stereocenters. The molecule has 0 heterocycles. The van der Waals surface area contributed by atoms with Gasteiger partial charge in [0.25, 0.3) is 5.91 Å². The van der Waals surface area contributed by atoms with E-state index in [1.807, 2.05) is 19.1 Å². The lowest BCUT2D eigenvalue weighted by Crippen LogP contribution is -2.24. The van der Waals surface area contributed by atoms with Crippen molar-refractivity contribution in [2.75, 3.05) is 19.8 Å². The van der Waals surface area contributed by atoms with Gasteiger partial charge in [0.1, 0.15) is 5.75 Å². The van der Waals surface area contributed by atoms with Gasteiger partial charge >= 0.3 is 0 Å². The van der Waals surface area contributed by atoms with Gasteiger partial charge < -0.3 is 15.2 Å². The standard InChI is InChI=1S/C16H25NO3/c1-3-11-20-15-8-6-14(7-9-15)16(19)17-10-4-5-13(2)12-18/h6-9,13,18H,3-5,10-12H2,1-2H3,(H,17,19). The van der Waals surface area contributed by atoms with Crippen LogP contribution in [0, 0.1) is 5.92 Å². The van der Waals surface area contributed by atoms with Crippen molar-refractivity contribution in [3.8, 4) is 5.75 Å². The smallest absolute Gasteiger partial charge is 0.251 e. The predicted molar refractivity (Wildman–Crippen MR) is 80.0 cm³/mol. The van der Waals surface area contributed by atoms with Crippen molar-refractivity contribution < 1.29 is 14.6 Å². The molecule has 4 heteroatoms.